The van der Waals surface area contributed by atoms with Crippen molar-refractivity contribution in [2.24, 2.45) is 0 Å². The van der Waals surface area contributed by atoms with Crippen molar-refractivity contribution in [1.82, 2.24) is 5.48 Å². The lowest BCUT2D eigenvalue weighted by atomic mass is 10.1. The van der Waals surface area contributed by atoms with Gasteiger partial charge in [0.2, 0.25) is 0 Å². The fourth-order valence-corrected chi connectivity index (χ4v) is 3.78. The maximum atomic E-state index is 12.3. The van der Waals surface area contributed by atoms with Gasteiger partial charge in [0.05, 0.1) is 11.5 Å². The summed E-state index contributed by atoms with van der Waals surface area (Å²) in [6.07, 6.45) is -1.15. The lowest BCUT2D eigenvalue weighted by Crippen LogP contribution is -2.30. The molecule has 1 aromatic carbocycles. The molecule has 0 bridgehead atoms. The summed E-state index contributed by atoms with van der Waals surface area (Å²) >= 11 is 0. The highest BCUT2D eigenvalue weighted by Gasteiger charge is 2.25. The molecule has 0 unspecified atom stereocenters. The molecule has 0 fully saturated rings. The van der Waals surface area contributed by atoms with Crippen LogP contribution in [0.1, 0.15) is 23.6 Å². The van der Waals surface area contributed by atoms with Crippen LogP contribution in [0.2, 0.25) is 0 Å². The molecule has 0 atom stereocenters. The zero-order chi connectivity index (χ0) is 16.9. The first kappa shape index (κ1) is 18.1. The fraction of sp³-hybridized carbons (Fsp3) is 0.429. The Balaban J connectivity index is 2.89. The highest BCUT2D eigenvalue weighted by Crippen LogP contribution is 2.23. The Bertz CT molecular complexity index is 658. The van der Waals surface area contributed by atoms with E-state index in [1.54, 1.807) is 32.9 Å². The quantitative estimate of drug-likeness (QED) is 0.500. The average molecular weight is 329 g/mol. The number of hydroxylamine groups is 1. The summed E-state index contributed by atoms with van der Waals surface area (Å²) in [4.78, 5) is 27.3. The largest absolute Gasteiger partial charge is 0.439 e. The maximum Gasteiger partial charge on any atom is 0.439 e. The van der Waals surface area contributed by atoms with Gasteiger partial charge in [0.15, 0.2) is 15.6 Å². The SMILES string of the molecule is CCONC(=O)OC(=O)CS(=O)(=O)c1c(C)cc(C)cc1C. The topological polar surface area (TPSA) is 98.8 Å². The molecule has 0 spiro atoms. The second-order valence-electron chi connectivity index (χ2n) is 4.78. The van der Waals surface area contributed by atoms with Gasteiger partial charge in [0.25, 0.3) is 0 Å². The van der Waals surface area contributed by atoms with E-state index in [-0.39, 0.29) is 11.5 Å². The van der Waals surface area contributed by atoms with E-state index in [1.165, 1.54) is 0 Å². The Labute approximate surface area is 129 Å². The smallest absolute Gasteiger partial charge is 0.374 e. The lowest BCUT2D eigenvalue weighted by Gasteiger charge is -2.11. The van der Waals surface area contributed by atoms with Crippen LogP contribution in [0.25, 0.3) is 0 Å². The van der Waals surface area contributed by atoms with Crippen LogP contribution in [0, 0.1) is 20.8 Å². The number of nitrogens with one attached hydrogen (secondary N) is 1. The Kier molecular flexibility index (Phi) is 6.07. The summed E-state index contributed by atoms with van der Waals surface area (Å²) in [5, 5.41) is 0. The minimum absolute atomic E-state index is 0.0836. The number of sulfone groups is 1. The van der Waals surface area contributed by atoms with Crippen molar-refractivity contribution in [1.29, 1.82) is 0 Å². The van der Waals surface area contributed by atoms with Crippen molar-refractivity contribution < 1.29 is 27.6 Å². The molecule has 1 amide bonds. The van der Waals surface area contributed by atoms with Crippen LogP contribution in [-0.2, 0) is 24.2 Å². The summed E-state index contributed by atoms with van der Waals surface area (Å²) < 4.78 is 29.0. The van der Waals surface area contributed by atoms with Gasteiger partial charge in [-0.2, -0.15) is 5.48 Å². The third-order valence-corrected chi connectivity index (χ3v) is 4.61. The number of ether oxygens (including phenoxy) is 1. The Morgan fingerprint density at radius 1 is 1.14 bits per heavy atom. The van der Waals surface area contributed by atoms with Crippen LogP contribution in [0.4, 0.5) is 4.79 Å². The van der Waals surface area contributed by atoms with E-state index in [0.717, 1.165) is 5.56 Å². The predicted molar refractivity (Wildman–Crippen MR) is 79.0 cm³/mol. The molecular formula is C14H19NO6S. The fourth-order valence-electron chi connectivity index (χ4n) is 2.17. The van der Waals surface area contributed by atoms with Crippen molar-refractivity contribution in [3.63, 3.8) is 0 Å². The summed E-state index contributed by atoms with van der Waals surface area (Å²) in [6, 6.07) is 3.43. The van der Waals surface area contributed by atoms with Crippen molar-refractivity contribution in [2.75, 3.05) is 12.4 Å². The minimum Gasteiger partial charge on any atom is -0.374 e. The van der Waals surface area contributed by atoms with Crippen LogP contribution in [0.3, 0.4) is 0 Å². The molecular weight excluding hydrogens is 310 g/mol. The van der Waals surface area contributed by atoms with E-state index in [0.29, 0.717) is 11.1 Å². The molecule has 0 saturated carbocycles. The minimum atomic E-state index is -3.90. The van der Waals surface area contributed by atoms with Crippen LogP contribution in [0.5, 0.6) is 0 Å². The molecule has 1 rings (SSSR count). The van der Waals surface area contributed by atoms with Crippen LogP contribution in [-0.4, -0.2) is 32.8 Å². The van der Waals surface area contributed by atoms with Gasteiger partial charge in [-0.05, 0) is 38.8 Å². The van der Waals surface area contributed by atoms with Gasteiger partial charge in [-0.1, -0.05) is 17.7 Å². The van der Waals surface area contributed by atoms with Gasteiger partial charge in [-0.15, -0.1) is 0 Å². The number of carbonyl (C=O) groups excluding carboxylic acids is 2. The van der Waals surface area contributed by atoms with Crippen molar-refractivity contribution in [3.05, 3.63) is 28.8 Å². The number of hydrogen-bond donors (Lipinski definition) is 1. The summed E-state index contributed by atoms with van der Waals surface area (Å²) in [6.45, 7) is 6.96. The molecule has 0 aliphatic heterocycles. The van der Waals surface area contributed by atoms with Crippen molar-refractivity contribution >= 4 is 21.9 Å². The Morgan fingerprint density at radius 3 is 2.18 bits per heavy atom. The molecule has 0 saturated heterocycles. The molecule has 0 aliphatic rings. The molecule has 22 heavy (non-hydrogen) atoms. The van der Waals surface area contributed by atoms with Gasteiger partial charge < -0.3 is 4.74 Å². The first-order valence-corrected chi connectivity index (χ1v) is 8.25. The zero-order valence-electron chi connectivity index (χ0n) is 12.9. The number of benzene rings is 1. The Hall–Kier alpha value is -1.93. The molecule has 1 N–H and O–H groups in total. The van der Waals surface area contributed by atoms with E-state index in [1.807, 2.05) is 12.4 Å². The number of rotatable bonds is 5. The average Bonchev–Trinajstić information content (AvgIpc) is 2.33. The third-order valence-electron chi connectivity index (χ3n) is 2.73. The van der Waals surface area contributed by atoms with Crippen molar-refractivity contribution in [3.8, 4) is 0 Å². The van der Waals surface area contributed by atoms with E-state index in [4.69, 9.17) is 0 Å². The molecule has 1 aromatic rings. The van der Waals surface area contributed by atoms with Gasteiger partial charge in [-0.25, -0.2) is 13.2 Å². The predicted octanol–water partition coefficient (Wildman–Crippen LogP) is 1.59. The van der Waals surface area contributed by atoms with E-state index in [9.17, 15) is 18.0 Å². The number of esters is 1. The number of amides is 1. The van der Waals surface area contributed by atoms with Crippen molar-refractivity contribution in [2.45, 2.75) is 32.6 Å². The summed E-state index contributed by atoms with van der Waals surface area (Å²) in [5.74, 6) is -2.09. The summed E-state index contributed by atoms with van der Waals surface area (Å²) in [7, 11) is -3.90. The number of aryl methyl sites for hydroxylation is 3. The molecule has 0 aliphatic carbocycles. The van der Waals surface area contributed by atoms with Gasteiger partial charge in [0.1, 0.15) is 0 Å². The van der Waals surface area contributed by atoms with Crippen LogP contribution < -0.4 is 5.48 Å². The second-order valence-corrected chi connectivity index (χ2v) is 6.71. The van der Waals surface area contributed by atoms with E-state index >= 15 is 0 Å². The van der Waals surface area contributed by atoms with E-state index < -0.39 is 27.7 Å². The first-order chi connectivity index (χ1) is 10.2. The molecule has 0 heterocycles. The molecule has 0 aromatic heterocycles. The molecule has 8 heteroatoms. The van der Waals surface area contributed by atoms with Crippen LogP contribution >= 0.6 is 0 Å². The molecule has 0 radical (unpaired) electrons. The number of hydrogen-bond acceptors (Lipinski definition) is 6. The normalized spacial score (nSPS) is 11.1. The zero-order valence-corrected chi connectivity index (χ0v) is 13.7. The second kappa shape index (κ2) is 7.37. The molecule has 7 nitrogen and oxygen atoms in total. The maximum absolute atomic E-state index is 12.3. The highest BCUT2D eigenvalue weighted by atomic mass is 32.2. The standard InChI is InChI=1S/C14H19NO6S/c1-5-20-15-14(17)21-12(16)8-22(18,19)13-10(3)6-9(2)7-11(13)4/h6-7H,5,8H2,1-4H3,(H,15,17). The van der Waals surface area contributed by atoms with Gasteiger partial charge >= 0.3 is 12.1 Å². The Morgan fingerprint density at radius 2 is 1.68 bits per heavy atom. The van der Waals surface area contributed by atoms with Gasteiger partial charge in [-0.3, -0.25) is 9.63 Å². The first-order valence-electron chi connectivity index (χ1n) is 6.60. The van der Waals surface area contributed by atoms with E-state index in [2.05, 4.69) is 9.57 Å². The lowest BCUT2D eigenvalue weighted by molar-refractivity contribution is -0.135. The monoisotopic (exact) mass is 329 g/mol. The summed E-state index contributed by atoms with van der Waals surface area (Å²) in [5.41, 5.74) is 3.86. The third kappa shape index (κ3) is 4.81. The molecule has 122 valence electrons. The van der Waals surface area contributed by atoms with Gasteiger partial charge in [0, 0.05) is 0 Å². The number of carbonyl (C=O) groups is 2. The van der Waals surface area contributed by atoms with Crippen LogP contribution in [0.15, 0.2) is 17.0 Å². The highest BCUT2D eigenvalue weighted by molar-refractivity contribution is 7.92.